The summed E-state index contributed by atoms with van der Waals surface area (Å²) in [5, 5.41) is 38.2. The normalized spacial score (nSPS) is 12.0. The van der Waals surface area contributed by atoms with Crippen LogP contribution in [0.15, 0.2) is 65.8 Å². The molecule has 2 amide bonds. The Hall–Kier alpha value is -3.38. The number of unbranched alkanes of at least 4 members (excludes halogenated alkanes) is 2. The van der Waals surface area contributed by atoms with E-state index in [1.54, 1.807) is 9.13 Å². The second-order valence-electron chi connectivity index (χ2n) is 8.90. The van der Waals surface area contributed by atoms with Crippen LogP contribution < -0.4 is 0 Å². The summed E-state index contributed by atoms with van der Waals surface area (Å²) in [4.78, 5) is 24.5. The van der Waals surface area contributed by atoms with Crippen LogP contribution in [0.2, 0.25) is 0 Å². The molecule has 4 aromatic rings. The van der Waals surface area contributed by atoms with Crippen molar-refractivity contribution >= 4 is 76.9 Å². The summed E-state index contributed by atoms with van der Waals surface area (Å²) in [6.07, 6.45) is 2.05. The van der Waals surface area contributed by atoms with Gasteiger partial charge >= 0.3 is 0 Å². The van der Waals surface area contributed by atoms with Crippen LogP contribution in [0, 0.1) is 0 Å². The van der Waals surface area contributed by atoms with Gasteiger partial charge in [-0.15, -0.1) is 20.5 Å². The summed E-state index contributed by atoms with van der Waals surface area (Å²) < 4.78 is 5.07. The number of carbonyl (C=O) groups is 2. The summed E-state index contributed by atoms with van der Waals surface area (Å²) >= 11 is 6.84. The fourth-order valence-electron chi connectivity index (χ4n) is 4.47. The van der Waals surface area contributed by atoms with Crippen LogP contribution in [-0.2, 0) is 22.7 Å². The number of hydrogen-bond donors (Lipinski definition) is 2. The number of carbonyl (C=O) groups excluding carboxylic acids is 2. The van der Waals surface area contributed by atoms with E-state index in [4.69, 9.17) is 0 Å². The first-order valence-electron chi connectivity index (χ1n) is 12.7. The van der Waals surface area contributed by atoms with E-state index in [0.29, 0.717) is 43.1 Å². The monoisotopic (exact) mass is 658 g/mol. The van der Waals surface area contributed by atoms with Crippen LogP contribution in [0.25, 0.3) is 21.8 Å². The number of fused-ring (bicyclic) bond motifs is 2. The zero-order valence-corrected chi connectivity index (χ0v) is 24.7. The number of aryl methyl sites for hydroxylation is 2. The van der Waals surface area contributed by atoms with Crippen LogP contribution in [0.3, 0.4) is 0 Å². The minimum absolute atomic E-state index is 0.0324. The largest absolute Gasteiger partial charge is 0.493 e. The molecule has 2 N–H and O–H groups in total. The smallest absolute Gasteiger partial charge is 0.264 e. The Labute approximate surface area is 241 Å². The predicted octanol–water partition coefficient (Wildman–Crippen LogP) is 8.44. The molecule has 0 bridgehead atoms. The van der Waals surface area contributed by atoms with Gasteiger partial charge < -0.3 is 19.3 Å². The zero-order valence-electron chi connectivity index (χ0n) is 21.6. The average Bonchev–Trinajstić information content (AvgIpc) is 3.33. The first-order valence-corrected chi connectivity index (χ1v) is 14.2. The molecule has 10 nitrogen and oxygen atoms in total. The molecule has 0 aliphatic rings. The molecule has 0 radical (unpaired) electrons. The molecule has 2 aromatic carbocycles. The van der Waals surface area contributed by atoms with Gasteiger partial charge in [0.05, 0.1) is 11.0 Å². The Morgan fingerprint density at radius 2 is 1.13 bits per heavy atom. The lowest BCUT2D eigenvalue weighted by atomic mass is 10.1. The number of azo groups is 2. The highest BCUT2D eigenvalue weighted by Gasteiger charge is 2.17. The van der Waals surface area contributed by atoms with Crippen LogP contribution >= 0.6 is 31.9 Å². The van der Waals surface area contributed by atoms with Crippen LogP contribution in [0.4, 0.5) is 11.4 Å². The van der Waals surface area contributed by atoms with Gasteiger partial charge in [-0.2, -0.15) is 0 Å². The summed E-state index contributed by atoms with van der Waals surface area (Å²) in [7, 11) is 0. The minimum atomic E-state index is -0.401. The molecule has 39 heavy (non-hydrogen) atoms. The van der Waals surface area contributed by atoms with Crippen molar-refractivity contribution in [3.63, 3.8) is 0 Å². The van der Waals surface area contributed by atoms with Crippen molar-refractivity contribution in [2.24, 2.45) is 20.5 Å². The molecule has 0 saturated heterocycles. The van der Waals surface area contributed by atoms with Crippen LogP contribution in [0.5, 0.6) is 11.8 Å². The lowest BCUT2D eigenvalue weighted by Gasteiger charge is -2.01. The van der Waals surface area contributed by atoms with Gasteiger partial charge in [0.15, 0.2) is 11.4 Å². The van der Waals surface area contributed by atoms with Crippen molar-refractivity contribution in [1.29, 1.82) is 0 Å². The second-order valence-corrected chi connectivity index (χ2v) is 10.7. The Kier molecular flexibility index (Phi) is 9.28. The minimum Gasteiger partial charge on any atom is -0.493 e. The maximum atomic E-state index is 12.3. The molecule has 12 heteroatoms. The SMILES string of the molecule is CCn1c(O)c(N=NC(=O)CCCCCC(=O)N=Nc2c(O)n(CC)c3ccc(Br)cc23)c2cc(Br)ccc21. The molecule has 0 saturated carbocycles. The molecule has 0 spiro atoms. The number of amides is 2. The number of hydrogen-bond acceptors (Lipinski definition) is 6. The highest BCUT2D eigenvalue weighted by molar-refractivity contribution is 9.10. The zero-order chi connectivity index (χ0) is 28.1. The van der Waals surface area contributed by atoms with E-state index in [1.807, 2.05) is 50.2 Å². The Bertz CT molecular complexity index is 1490. The standard InChI is InChI=1S/C27H28Br2N6O4/c1-3-34-20-12-10-16(28)14-18(20)24(26(34)38)32-30-22(36)8-6-5-7-9-23(37)31-33-25-19-15-17(29)11-13-21(19)35(4-2)27(25)39/h10-15,38-39H,3-9H2,1-2H3. The van der Waals surface area contributed by atoms with Gasteiger partial charge in [0, 0.05) is 45.6 Å². The van der Waals surface area contributed by atoms with Crippen molar-refractivity contribution in [3.05, 3.63) is 45.3 Å². The number of halogens is 2. The third-order valence-electron chi connectivity index (χ3n) is 6.38. The second kappa shape index (κ2) is 12.6. The molecule has 204 valence electrons. The lowest BCUT2D eigenvalue weighted by molar-refractivity contribution is -0.118. The average molecular weight is 660 g/mol. The summed E-state index contributed by atoms with van der Waals surface area (Å²) in [5.41, 5.74) is 2.14. The molecule has 0 atom stereocenters. The fraction of sp³-hybridized carbons (Fsp3) is 0.333. The highest BCUT2D eigenvalue weighted by atomic mass is 79.9. The molecule has 0 unspecified atom stereocenters. The molecule has 2 heterocycles. The van der Waals surface area contributed by atoms with E-state index in [2.05, 4.69) is 52.3 Å². The van der Waals surface area contributed by atoms with Crippen molar-refractivity contribution in [3.8, 4) is 11.8 Å². The molecule has 2 aromatic heterocycles. The Morgan fingerprint density at radius 3 is 1.51 bits per heavy atom. The van der Waals surface area contributed by atoms with Crippen LogP contribution in [0.1, 0.15) is 46.0 Å². The lowest BCUT2D eigenvalue weighted by Crippen LogP contribution is -1.95. The molecular formula is C27H28Br2N6O4. The molecule has 0 aliphatic carbocycles. The summed E-state index contributed by atoms with van der Waals surface area (Å²) in [5.74, 6) is -0.867. The predicted molar refractivity (Wildman–Crippen MR) is 156 cm³/mol. The van der Waals surface area contributed by atoms with Crippen LogP contribution in [-0.4, -0.2) is 31.2 Å². The van der Waals surface area contributed by atoms with Gasteiger partial charge in [-0.05, 0) is 63.1 Å². The molecule has 0 aliphatic heterocycles. The van der Waals surface area contributed by atoms with Crippen molar-refractivity contribution in [2.45, 2.75) is 59.0 Å². The van der Waals surface area contributed by atoms with Gasteiger partial charge in [0.25, 0.3) is 11.8 Å². The maximum absolute atomic E-state index is 12.3. The van der Waals surface area contributed by atoms with E-state index in [1.165, 1.54) is 0 Å². The van der Waals surface area contributed by atoms with Gasteiger partial charge in [-0.1, -0.05) is 38.3 Å². The number of aromatic hydroxyl groups is 2. The van der Waals surface area contributed by atoms with E-state index in [-0.39, 0.29) is 36.0 Å². The molecule has 4 rings (SSSR count). The number of rotatable bonds is 10. The molecular weight excluding hydrogens is 632 g/mol. The Balaban J connectivity index is 1.28. The van der Waals surface area contributed by atoms with Gasteiger partial charge in [0.1, 0.15) is 0 Å². The number of nitrogens with zero attached hydrogens (tertiary/aromatic N) is 6. The Morgan fingerprint density at radius 1 is 0.718 bits per heavy atom. The number of benzene rings is 2. The third kappa shape index (κ3) is 6.27. The van der Waals surface area contributed by atoms with E-state index < -0.39 is 11.8 Å². The first-order chi connectivity index (χ1) is 18.7. The summed E-state index contributed by atoms with van der Waals surface area (Å²) in [6.45, 7) is 4.92. The maximum Gasteiger partial charge on any atom is 0.264 e. The highest BCUT2D eigenvalue weighted by Crippen LogP contribution is 2.41. The third-order valence-corrected chi connectivity index (χ3v) is 7.37. The van der Waals surface area contributed by atoms with Gasteiger partial charge in [-0.3, -0.25) is 9.59 Å². The topological polar surface area (TPSA) is 134 Å². The first kappa shape index (κ1) is 28.6. The fourth-order valence-corrected chi connectivity index (χ4v) is 5.19. The van der Waals surface area contributed by atoms with Crippen molar-refractivity contribution in [1.82, 2.24) is 9.13 Å². The van der Waals surface area contributed by atoms with E-state index in [9.17, 15) is 19.8 Å². The van der Waals surface area contributed by atoms with E-state index in [0.717, 1.165) is 20.0 Å². The van der Waals surface area contributed by atoms with Crippen molar-refractivity contribution in [2.75, 3.05) is 0 Å². The van der Waals surface area contributed by atoms with E-state index >= 15 is 0 Å². The molecule has 0 fully saturated rings. The van der Waals surface area contributed by atoms with Gasteiger partial charge in [-0.25, -0.2) is 0 Å². The quantitative estimate of drug-likeness (QED) is 0.130. The summed E-state index contributed by atoms with van der Waals surface area (Å²) in [6, 6.07) is 11.2. The van der Waals surface area contributed by atoms with Gasteiger partial charge in [0.2, 0.25) is 11.8 Å². The number of aromatic nitrogens is 2. The van der Waals surface area contributed by atoms with Crippen molar-refractivity contribution < 1.29 is 19.8 Å².